The normalized spacial score (nSPS) is 12.8. The Bertz CT molecular complexity index is 2520. The van der Waals surface area contributed by atoms with Crippen molar-refractivity contribution < 1.29 is 0 Å². The molecule has 0 amide bonds. The van der Waals surface area contributed by atoms with Gasteiger partial charge >= 0.3 is 0 Å². The summed E-state index contributed by atoms with van der Waals surface area (Å²) in [7, 11) is 0. The van der Waals surface area contributed by atoms with Gasteiger partial charge in [0.05, 0.1) is 11.4 Å². The Labute approximate surface area is 306 Å². The van der Waals surface area contributed by atoms with Gasteiger partial charge in [-0.05, 0) is 135 Å². The van der Waals surface area contributed by atoms with Gasteiger partial charge in [0, 0.05) is 67.2 Å². The SMILES string of the molecule is C/C=C\C=C/N.C=C/C=C(\N=CC)c1ccc2[nH]c3cc4c(cc3c2c1)CCc1cc2c(cc1-4)[nH]c1ccc(-c3ccccn3)cc12.C=C/C=C\C. The van der Waals surface area contributed by atoms with Crippen LogP contribution in [0.2, 0.25) is 0 Å². The Balaban J connectivity index is 0.000000371. The number of nitrogens with zero attached hydrogens (tertiary/aromatic N) is 2. The van der Waals surface area contributed by atoms with Crippen molar-refractivity contribution in [2.75, 3.05) is 0 Å². The third-order valence-corrected chi connectivity index (χ3v) is 9.14. The van der Waals surface area contributed by atoms with Gasteiger partial charge < -0.3 is 15.7 Å². The van der Waals surface area contributed by atoms with Crippen LogP contribution in [0, 0.1) is 0 Å². The number of aromatic nitrogens is 3. The number of fused-ring (bicyclic) bond motifs is 9. The number of rotatable bonds is 6. The van der Waals surface area contributed by atoms with Crippen LogP contribution < -0.4 is 5.73 Å². The minimum Gasteiger partial charge on any atom is -0.405 e. The molecular formula is C47H45N5. The third-order valence-electron chi connectivity index (χ3n) is 9.14. The number of nitrogens with one attached hydrogen (secondary N) is 2. The van der Waals surface area contributed by atoms with Crippen LogP contribution in [0.3, 0.4) is 0 Å². The molecule has 0 aliphatic heterocycles. The zero-order chi connectivity index (χ0) is 36.5. The van der Waals surface area contributed by atoms with E-state index in [1.807, 2.05) is 75.7 Å². The fourth-order valence-electron chi connectivity index (χ4n) is 6.80. The molecule has 0 saturated heterocycles. The van der Waals surface area contributed by atoms with Crippen molar-refractivity contribution in [1.82, 2.24) is 15.0 Å². The lowest BCUT2D eigenvalue weighted by Crippen LogP contribution is -2.04. The molecule has 0 spiro atoms. The second-order valence-corrected chi connectivity index (χ2v) is 12.4. The van der Waals surface area contributed by atoms with Crippen LogP contribution in [0.15, 0.2) is 158 Å². The third kappa shape index (κ3) is 7.35. The molecule has 0 saturated carbocycles. The number of aliphatic imine (C=N–C) groups is 1. The maximum Gasteiger partial charge on any atom is 0.0702 e. The number of benzene rings is 4. The number of aromatic amines is 2. The summed E-state index contributed by atoms with van der Waals surface area (Å²) in [4.78, 5) is 16.5. The lowest BCUT2D eigenvalue weighted by atomic mass is 9.84. The second-order valence-electron chi connectivity index (χ2n) is 12.4. The predicted molar refractivity (Wildman–Crippen MR) is 227 cm³/mol. The van der Waals surface area contributed by atoms with E-state index in [9.17, 15) is 0 Å². The highest BCUT2D eigenvalue weighted by Crippen LogP contribution is 2.41. The molecule has 1 aliphatic carbocycles. The smallest absolute Gasteiger partial charge is 0.0702 e. The molecule has 3 aromatic heterocycles. The first-order valence-corrected chi connectivity index (χ1v) is 17.7. The largest absolute Gasteiger partial charge is 0.405 e. The molecule has 0 radical (unpaired) electrons. The van der Waals surface area contributed by atoms with Gasteiger partial charge in [-0.2, -0.15) is 0 Å². The average molecular weight is 680 g/mol. The van der Waals surface area contributed by atoms with Crippen LogP contribution >= 0.6 is 0 Å². The summed E-state index contributed by atoms with van der Waals surface area (Å²) in [6.07, 6.45) is 22.1. The van der Waals surface area contributed by atoms with Crippen molar-refractivity contribution in [3.63, 3.8) is 0 Å². The maximum absolute atomic E-state index is 4.98. The fourth-order valence-corrected chi connectivity index (χ4v) is 6.80. The van der Waals surface area contributed by atoms with E-state index in [1.165, 1.54) is 55.5 Å². The van der Waals surface area contributed by atoms with E-state index in [1.54, 1.807) is 18.2 Å². The first-order valence-electron chi connectivity index (χ1n) is 17.7. The molecule has 0 bridgehead atoms. The molecule has 4 aromatic carbocycles. The van der Waals surface area contributed by atoms with Crippen LogP contribution in [-0.2, 0) is 12.8 Å². The zero-order valence-corrected chi connectivity index (χ0v) is 30.2. The Morgan fingerprint density at radius 2 is 1.33 bits per heavy atom. The lowest BCUT2D eigenvalue weighted by molar-refractivity contribution is 0.946. The number of H-pyrrole nitrogens is 2. The van der Waals surface area contributed by atoms with E-state index in [-0.39, 0.29) is 0 Å². The number of aryl methyl sites for hydroxylation is 2. The van der Waals surface area contributed by atoms with Gasteiger partial charge in [-0.25, -0.2) is 0 Å². The standard InChI is InChI=1S/C37H28N4.C5H9N.C5H8/c1-3-7-32(38-4-2)24-11-13-34-28(18-24)30-16-22-9-10-23-17-31-29-19-25(33-8-5-6-15-39-33)12-14-35(29)41-37(31)21-27(23)26(22)20-36(30)40-34;1-2-3-4-5-6;1-3-5-4-2/h3-8,11-21,40-41H,1,9-10H2,2H3;2-5H,6H2,1H3;3-5H,1H2,2H3/b32-7-,38-4?;3-2-,5-4-;5-4-. The zero-order valence-electron chi connectivity index (χ0n) is 30.2. The van der Waals surface area contributed by atoms with E-state index >= 15 is 0 Å². The Kier molecular flexibility index (Phi) is 11.2. The minimum absolute atomic E-state index is 0.917. The average Bonchev–Trinajstić information content (AvgIpc) is 3.72. The topological polar surface area (TPSA) is 82.8 Å². The van der Waals surface area contributed by atoms with Crippen molar-refractivity contribution in [2.45, 2.75) is 33.6 Å². The predicted octanol–water partition coefficient (Wildman–Crippen LogP) is 12.2. The quantitative estimate of drug-likeness (QED) is 0.121. The number of pyridine rings is 1. The van der Waals surface area contributed by atoms with Crippen molar-refractivity contribution >= 4 is 55.5 Å². The molecule has 8 rings (SSSR count). The van der Waals surface area contributed by atoms with E-state index in [2.05, 4.69) is 99.8 Å². The van der Waals surface area contributed by atoms with Gasteiger partial charge in [0.2, 0.25) is 0 Å². The molecule has 0 atom stereocenters. The Hall–Kier alpha value is -6.46. The van der Waals surface area contributed by atoms with Crippen LogP contribution in [0.5, 0.6) is 0 Å². The molecule has 3 heterocycles. The fraction of sp³-hybridized carbons (Fsp3) is 0.106. The molecule has 0 unspecified atom stereocenters. The molecule has 5 nitrogen and oxygen atoms in total. The van der Waals surface area contributed by atoms with E-state index < -0.39 is 0 Å². The molecular weight excluding hydrogens is 635 g/mol. The first kappa shape index (κ1) is 35.4. The maximum atomic E-state index is 4.98. The monoisotopic (exact) mass is 679 g/mol. The van der Waals surface area contributed by atoms with Gasteiger partial charge in [-0.3, -0.25) is 9.98 Å². The summed E-state index contributed by atoms with van der Waals surface area (Å²) in [5, 5.41) is 5.01. The first-order chi connectivity index (χ1) is 25.5. The number of hydrogen-bond donors (Lipinski definition) is 3. The highest BCUT2D eigenvalue weighted by molar-refractivity contribution is 6.12. The van der Waals surface area contributed by atoms with Crippen LogP contribution in [-0.4, -0.2) is 21.2 Å². The highest BCUT2D eigenvalue weighted by atomic mass is 14.7. The summed E-state index contributed by atoms with van der Waals surface area (Å²) >= 11 is 0. The molecule has 7 aromatic rings. The van der Waals surface area contributed by atoms with Crippen molar-refractivity contribution in [3.8, 4) is 22.4 Å². The van der Waals surface area contributed by atoms with Gasteiger partial charge in [0.1, 0.15) is 0 Å². The van der Waals surface area contributed by atoms with Crippen LogP contribution in [0.4, 0.5) is 0 Å². The summed E-state index contributed by atoms with van der Waals surface area (Å²) in [6.45, 7) is 13.2. The Morgan fingerprint density at radius 3 is 1.85 bits per heavy atom. The van der Waals surface area contributed by atoms with Crippen molar-refractivity contribution in [3.05, 3.63) is 170 Å². The number of nitrogens with two attached hydrogens (primary N) is 1. The molecule has 5 heteroatoms. The van der Waals surface area contributed by atoms with Gasteiger partial charge in [-0.1, -0.05) is 67.8 Å². The molecule has 258 valence electrons. The van der Waals surface area contributed by atoms with Gasteiger partial charge in [0.25, 0.3) is 0 Å². The summed E-state index contributed by atoms with van der Waals surface area (Å²) in [5.74, 6) is 0. The molecule has 1 aliphatic rings. The van der Waals surface area contributed by atoms with Crippen molar-refractivity contribution in [2.24, 2.45) is 10.7 Å². The van der Waals surface area contributed by atoms with Gasteiger partial charge in [0.15, 0.2) is 0 Å². The Morgan fingerprint density at radius 1 is 0.692 bits per heavy atom. The molecule has 4 N–H and O–H groups in total. The summed E-state index contributed by atoms with van der Waals surface area (Å²) < 4.78 is 0. The van der Waals surface area contributed by atoms with Gasteiger partial charge in [-0.15, -0.1) is 0 Å². The van der Waals surface area contributed by atoms with Crippen molar-refractivity contribution in [1.29, 1.82) is 0 Å². The lowest BCUT2D eigenvalue weighted by Gasteiger charge is -2.20. The summed E-state index contributed by atoms with van der Waals surface area (Å²) in [6, 6.07) is 28.7. The van der Waals surface area contributed by atoms with Crippen LogP contribution in [0.1, 0.15) is 37.5 Å². The van der Waals surface area contributed by atoms with E-state index in [0.29, 0.717) is 0 Å². The number of hydrogen-bond acceptors (Lipinski definition) is 3. The minimum atomic E-state index is 0.917. The molecule has 52 heavy (non-hydrogen) atoms. The molecule has 0 fully saturated rings. The second kappa shape index (κ2) is 16.5. The van der Waals surface area contributed by atoms with E-state index in [0.717, 1.165) is 51.9 Å². The summed E-state index contributed by atoms with van der Waals surface area (Å²) in [5.41, 5.74) is 19.2. The van der Waals surface area contributed by atoms with E-state index in [4.69, 9.17) is 5.73 Å². The number of allylic oxidation sites excluding steroid dienone is 8. The highest BCUT2D eigenvalue weighted by Gasteiger charge is 2.21. The van der Waals surface area contributed by atoms with Crippen LogP contribution in [0.25, 0.3) is 71.7 Å².